The molecule has 0 bridgehead atoms. The number of ether oxygens (including phenoxy) is 1. The zero-order chi connectivity index (χ0) is 20.1. The minimum absolute atomic E-state index is 0.106. The van der Waals surface area contributed by atoms with Crippen LogP contribution < -0.4 is 4.74 Å². The highest BCUT2D eigenvalue weighted by Gasteiger charge is 2.34. The second kappa shape index (κ2) is 9.37. The molecule has 2 aliphatic rings. The van der Waals surface area contributed by atoms with Gasteiger partial charge in [-0.1, -0.05) is 24.4 Å². The van der Waals surface area contributed by atoms with E-state index >= 15 is 0 Å². The molecule has 1 aliphatic carbocycles. The predicted molar refractivity (Wildman–Crippen MR) is 105 cm³/mol. The lowest BCUT2D eigenvalue weighted by molar-refractivity contribution is -0.133. The molecule has 0 radical (unpaired) electrons. The molecule has 156 valence electrons. The third kappa shape index (κ3) is 5.14. The number of halogens is 1. The summed E-state index contributed by atoms with van der Waals surface area (Å²) in [4.78, 5) is 19.3. The summed E-state index contributed by atoms with van der Waals surface area (Å²) < 4.78 is 24.0. The van der Waals surface area contributed by atoms with Gasteiger partial charge in [0.05, 0.1) is 6.61 Å². The number of carbonyl (C=O) groups is 1. The Labute approximate surface area is 170 Å². The Morgan fingerprint density at radius 2 is 1.93 bits per heavy atom. The molecule has 1 saturated carbocycles. The molecule has 1 aromatic heterocycles. The number of benzene rings is 1. The van der Waals surface area contributed by atoms with Crippen molar-refractivity contribution >= 4 is 5.91 Å². The smallest absolute Gasteiger partial charge is 0.249 e. The van der Waals surface area contributed by atoms with Crippen LogP contribution in [0.2, 0.25) is 0 Å². The summed E-state index contributed by atoms with van der Waals surface area (Å²) in [6.45, 7) is 1.14. The Bertz CT molecular complexity index is 802. The van der Waals surface area contributed by atoms with Gasteiger partial charge >= 0.3 is 0 Å². The number of hydrogen-bond acceptors (Lipinski definition) is 5. The lowest BCUT2D eigenvalue weighted by atomic mass is 9.86. The van der Waals surface area contributed by atoms with Crippen molar-refractivity contribution in [1.29, 1.82) is 0 Å². The second-order valence-corrected chi connectivity index (χ2v) is 8.05. The zero-order valence-corrected chi connectivity index (χ0v) is 16.7. The molecule has 2 fully saturated rings. The first-order valence-corrected chi connectivity index (χ1v) is 10.7. The van der Waals surface area contributed by atoms with Crippen molar-refractivity contribution in [2.24, 2.45) is 5.92 Å². The zero-order valence-electron chi connectivity index (χ0n) is 16.7. The third-order valence-corrected chi connectivity index (χ3v) is 5.94. The second-order valence-electron chi connectivity index (χ2n) is 8.05. The highest BCUT2D eigenvalue weighted by atomic mass is 19.1. The Hall–Kier alpha value is -2.44. The molecule has 1 unspecified atom stereocenters. The molecule has 7 heteroatoms. The Morgan fingerprint density at radius 1 is 1.14 bits per heavy atom. The number of aromatic nitrogens is 2. The summed E-state index contributed by atoms with van der Waals surface area (Å²) in [7, 11) is 0. The fraction of sp³-hybridized carbons (Fsp3) is 0.591. The van der Waals surface area contributed by atoms with Crippen LogP contribution in [0, 0.1) is 11.7 Å². The molecule has 0 N–H and O–H groups in total. The molecule has 2 heterocycles. The quantitative estimate of drug-likeness (QED) is 0.685. The van der Waals surface area contributed by atoms with E-state index < -0.39 is 0 Å². The first-order valence-electron chi connectivity index (χ1n) is 10.7. The summed E-state index contributed by atoms with van der Waals surface area (Å²) in [5.74, 6) is 2.15. The van der Waals surface area contributed by atoms with Gasteiger partial charge in [-0.25, -0.2) is 4.39 Å². The van der Waals surface area contributed by atoms with Gasteiger partial charge in [-0.05, 0) is 55.9 Å². The Kier molecular flexibility index (Phi) is 6.42. The van der Waals surface area contributed by atoms with E-state index in [2.05, 4.69) is 10.1 Å². The molecule has 1 aliphatic heterocycles. The lowest BCUT2D eigenvalue weighted by Crippen LogP contribution is -2.32. The molecule has 0 spiro atoms. The molecule has 2 aromatic rings. The van der Waals surface area contributed by atoms with Gasteiger partial charge in [0.15, 0.2) is 5.82 Å². The van der Waals surface area contributed by atoms with Crippen molar-refractivity contribution in [3.63, 3.8) is 0 Å². The monoisotopic (exact) mass is 401 g/mol. The van der Waals surface area contributed by atoms with E-state index in [4.69, 9.17) is 9.26 Å². The molecular weight excluding hydrogens is 373 g/mol. The number of amides is 1. The van der Waals surface area contributed by atoms with Crippen LogP contribution in [0.3, 0.4) is 0 Å². The van der Waals surface area contributed by atoms with E-state index in [1.54, 1.807) is 12.1 Å². The van der Waals surface area contributed by atoms with Gasteiger partial charge in [-0.3, -0.25) is 4.79 Å². The molecule has 1 amide bonds. The first-order chi connectivity index (χ1) is 14.2. The molecule has 4 rings (SSSR count). The minimum atomic E-state index is -0.292. The third-order valence-electron chi connectivity index (χ3n) is 5.94. The average molecular weight is 401 g/mol. The van der Waals surface area contributed by atoms with Crippen LogP contribution >= 0.6 is 0 Å². The SMILES string of the molecule is O=C(CC1CCCCC1)N1CCCC1c1nc(CCOc2ccc(F)cc2)no1. The Morgan fingerprint density at radius 3 is 2.72 bits per heavy atom. The van der Waals surface area contributed by atoms with Gasteiger partial charge in [-0.2, -0.15) is 4.98 Å². The summed E-state index contributed by atoms with van der Waals surface area (Å²) in [6.07, 6.45) is 9.09. The van der Waals surface area contributed by atoms with Gasteiger partial charge in [0.1, 0.15) is 17.6 Å². The van der Waals surface area contributed by atoms with Gasteiger partial charge in [0, 0.05) is 19.4 Å². The molecule has 29 heavy (non-hydrogen) atoms. The normalized spacial score (nSPS) is 20.2. The molecule has 1 aromatic carbocycles. The maximum atomic E-state index is 12.9. The van der Waals surface area contributed by atoms with E-state index in [-0.39, 0.29) is 17.8 Å². The molecule has 1 atom stereocenters. The number of likely N-dealkylation sites (tertiary alicyclic amines) is 1. The lowest BCUT2D eigenvalue weighted by Gasteiger charge is -2.26. The van der Waals surface area contributed by atoms with Crippen molar-refractivity contribution in [2.45, 2.75) is 63.8 Å². The number of carbonyl (C=O) groups excluding carboxylic acids is 1. The fourth-order valence-electron chi connectivity index (χ4n) is 4.37. The average Bonchev–Trinajstić information content (AvgIpc) is 3.39. The van der Waals surface area contributed by atoms with Crippen LogP contribution in [-0.2, 0) is 11.2 Å². The van der Waals surface area contributed by atoms with Gasteiger partial charge in [-0.15, -0.1) is 0 Å². The predicted octanol–water partition coefficient (Wildman–Crippen LogP) is 4.46. The van der Waals surface area contributed by atoms with Crippen molar-refractivity contribution < 1.29 is 18.4 Å². The minimum Gasteiger partial charge on any atom is -0.493 e. The van der Waals surface area contributed by atoms with E-state index in [1.807, 2.05) is 4.90 Å². The van der Waals surface area contributed by atoms with Crippen molar-refractivity contribution in [2.75, 3.05) is 13.2 Å². The summed E-state index contributed by atoms with van der Waals surface area (Å²) in [5.41, 5.74) is 0. The number of nitrogens with zero attached hydrogens (tertiary/aromatic N) is 3. The van der Waals surface area contributed by atoms with E-state index in [0.29, 0.717) is 42.8 Å². The van der Waals surface area contributed by atoms with Gasteiger partial charge < -0.3 is 14.2 Å². The van der Waals surface area contributed by atoms with Gasteiger partial charge in [0.25, 0.3) is 0 Å². The van der Waals surface area contributed by atoms with Crippen LogP contribution in [0.4, 0.5) is 4.39 Å². The molecular formula is C22H28FN3O3. The van der Waals surface area contributed by atoms with Crippen LogP contribution in [0.15, 0.2) is 28.8 Å². The van der Waals surface area contributed by atoms with E-state index in [1.165, 1.54) is 44.2 Å². The largest absolute Gasteiger partial charge is 0.493 e. The Balaban J connectivity index is 1.30. The highest BCUT2D eigenvalue weighted by Crippen LogP contribution is 2.34. The number of rotatable bonds is 7. The fourth-order valence-corrected chi connectivity index (χ4v) is 4.37. The summed E-state index contributed by atoms with van der Waals surface area (Å²) >= 11 is 0. The van der Waals surface area contributed by atoms with Crippen molar-refractivity contribution in [3.05, 3.63) is 41.8 Å². The highest BCUT2D eigenvalue weighted by molar-refractivity contribution is 5.77. The summed E-state index contributed by atoms with van der Waals surface area (Å²) in [5, 5.41) is 4.05. The molecule has 1 saturated heterocycles. The molecule has 6 nitrogen and oxygen atoms in total. The van der Waals surface area contributed by atoms with Crippen molar-refractivity contribution in [1.82, 2.24) is 15.0 Å². The van der Waals surface area contributed by atoms with E-state index in [0.717, 1.165) is 19.4 Å². The van der Waals surface area contributed by atoms with E-state index in [9.17, 15) is 9.18 Å². The van der Waals surface area contributed by atoms with Crippen molar-refractivity contribution in [3.8, 4) is 5.75 Å². The standard InChI is InChI=1S/C22H28FN3O3/c23-17-8-10-18(11-9-17)28-14-12-20-24-22(29-25-20)19-7-4-13-26(19)21(27)15-16-5-2-1-3-6-16/h8-11,16,19H,1-7,12-15H2. The van der Waals surface area contributed by atoms with Crippen LogP contribution in [-0.4, -0.2) is 34.1 Å². The maximum absolute atomic E-state index is 12.9. The summed E-state index contributed by atoms with van der Waals surface area (Å²) in [6, 6.07) is 5.79. The van der Waals surface area contributed by atoms with Crippen LogP contribution in [0.25, 0.3) is 0 Å². The topological polar surface area (TPSA) is 68.5 Å². The van der Waals surface area contributed by atoms with Gasteiger partial charge in [0.2, 0.25) is 11.8 Å². The van der Waals surface area contributed by atoms with Crippen LogP contribution in [0.5, 0.6) is 5.75 Å². The first kappa shape index (κ1) is 19.9. The van der Waals surface area contributed by atoms with Crippen LogP contribution in [0.1, 0.15) is 69.1 Å². The maximum Gasteiger partial charge on any atom is 0.249 e. The number of hydrogen-bond donors (Lipinski definition) is 0.